The molecule has 0 bridgehead atoms. The second-order valence-corrected chi connectivity index (χ2v) is 8.16. The molecule has 5 rings (SSSR count). The van der Waals surface area contributed by atoms with Gasteiger partial charge in [-0.05, 0) is 36.4 Å². The highest BCUT2D eigenvalue weighted by molar-refractivity contribution is 5.85. The minimum absolute atomic E-state index is 0.0557. The average molecular weight is 485 g/mol. The van der Waals surface area contributed by atoms with Gasteiger partial charge in [-0.2, -0.15) is 0 Å². The molecule has 1 amide bonds. The number of benzene rings is 2. The number of pyridine rings is 1. The second-order valence-electron chi connectivity index (χ2n) is 8.16. The van der Waals surface area contributed by atoms with Gasteiger partial charge in [0.15, 0.2) is 0 Å². The Morgan fingerprint density at radius 1 is 1.14 bits per heavy atom. The zero-order valence-corrected chi connectivity index (χ0v) is 19.1. The van der Waals surface area contributed by atoms with E-state index < -0.39 is 16.8 Å². The first-order valence-corrected chi connectivity index (χ1v) is 11.0. The average Bonchev–Trinajstić information content (AvgIpc) is 3.47. The van der Waals surface area contributed by atoms with Gasteiger partial charge in [0.05, 0.1) is 22.4 Å². The van der Waals surface area contributed by atoms with E-state index in [0.717, 1.165) is 0 Å². The van der Waals surface area contributed by atoms with Crippen molar-refractivity contribution in [3.63, 3.8) is 0 Å². The van der Waals surface area contributed by atoms with Crippen LogP contribution >= 0.6 is 0 Å². The molecule has 0 unspecified atom stereocenters. The van der Waals surface area contributed by atoms with E-state index in [1.54, 1.807) is 54.3 Å². The predicted molar refractivity (Wildman–Crippen MR) is 131 cm³/mol. The zero-order chi connectivity index (χ0) is 25.2. The van der Waals surface area contributed by atoms with Gasteiger partial charge in [0, 0.05) is 42.9 Å². The third kappa shape index (κ3) is 4.20. The van der Waals surface area contributed by atoms with Crippen LogP contribution in [0.5, 0.6) is 0 Å². The number of carbonyl (C=O) groups is 1. The number of fused-ring (bicyclic) bond motifs is 1. The van der Waals surface area contributed by atoms with Crippen molar-refractivity contribution in [1.82, 2.24) is 14.5 Å². The fourth-order valence-electron chi connectivity index (χ4n) is 4.27. The molecule has 0 spiro atoms. The highest BCUT2D eigenvalue weighted by Gasteiger charge is 2.30. The summed E-state index contributed by atoms with van der Waals surface area (Å²) in [4.78, 5) is 33.9. The Balaban J connectivity index is 1.63. The van der Waals surface area contributed by atoms with Gasteiger partial charge in [-0.25, -0.2) is 9.37 Å². The normalized spacial score (nSPS) is 11.9. The number of furan rings is 1. The van der Waals surface area contributed by atoms with Crippen LogP contribution in [-0.4, -0.2) is 25.9 Å². The summed E-state index contributed by atoms with van der Waals surface area (Å²) < 4.78 is 21.3. The Hall–Kier alpha value is -4.86. The highest BCUT2D eigenvalue weighted by atomic mass is 19.1. The van der Waals surface area contributed by atoms with Gasteiger partial charge < -0.3 is 8.98 Å². The molecular weight excluding hydrogens is 465 g/mol. The molecule has 0 aliphatic carbocycles. The fourth-order valence-corrected chi connectivity index (χ4v) is 4.27. The van der Waals surface area contributed by atoms with Crippen LogP contribution in [0.2, 0.25) is 0 Å². The molecule has 0 aliphatic rings. The maximum atomic E-state index is 13.8. The molecule has 1 atom stereocenters. The van der Waals surface area contributed by atoms with Crippen LogP contribution in [0.15, 0.2) is 83.5 Å². The molecule has 9 nitrogen and oxygen atoms in total. The third-order valence-electron chi connectivity index (χ3n) is 6.00. The van der Waals surface area contributed by atoms with Gasteiger partial charge in [0.2, 0.25) is 12.3 Å². The summed E-state index contributed by atoms with van der Waals surface area (Å²) >= 11 is 0. The van der Waals surface area contributed by atoms with Crippen LogP contribution in [0.25, 0.3) is 22.2 Å². The van der Waals surface area contributed by atoms with Crippen molar-refractivity contribution in [2.45, 2.75) is 12.5 Å². The zero-order valence-electron chi connectivity index (χ0n) is 19.1. The van der Waals surface area contributed by atoms with Crippen LogP contribution in [-0.2, 0) is 18.3 Å². The molecule has 2 aromatic carbocycles. The van der Waals surface area contributed by atoms with E-state index in [-0.39, 0.29) is 18.0 Å². The summed E-state index contributed by atoms with van der Waals surface area (Å²) in [6, 6.07) is 16.9. The fraction of sp³-hybridized carbons (Fsp3) is 0.115. The number of halogens is 1. The number of para-hydroxylation sites is 1. The number of aromatic nitrogens is 3. The Morgan fingerprint density at radius 3 is 2.69 bits per heavy atom. The van der Waals surface area contributed by atoms with Crippen molar-refractivity contribution < 1.29 is 18.5 Å². The predicted octanol–water partition coefficient (Wildman–Crippen LogP) is 5.22. The molecule has 10 heteroatoms. The van der Waals surface area contributed by atoms with Gasteiger partial charge in [-0.1, -0.05) is 18.2 Å². The van der Waals surface area contributed by atoms with E-state index in [2.05, 4.69) is 9.97 Å². The SMILES string of the molecule is Cn1c(-c2ccccc2[N+](=O)[O-])cnc1[C@H](Cc1ccccn1)N(C=O)c1cc2cc(F)ccc2o1. The number of imidazole rings is 1. The molecule has 36 heavy (non-hydrogen) atoms. The summed E-state index contributed by atoms with van der Waals surface area (Å²) in [5, 5.41) is 12.1. The van der Waals surface area contributed by atoms with E-state index in [0.29, 0.717) is 40.2 Å². The molecular formula is C26H20FN5O4. The van der Waals surface area contributed by atoms with Crippen LogP contribution < -0.4 is 4.90 Å². The Bertz CT molecular complexity index is 1560. The summed E-state index contributed by atoms with van der Waals surface area (Å²) in [5.74, 6) is 0.255. The number of nitrogens with zero attached hydrogens (tertiary/aromatic N) is 5. The molecule has 3 heterocycles. The number of hydrogen-bond donors (Lipinski definition) is 0. The molecule has 5 aromatic rings. The van der Waals surface area contributed by atoms with Gasteiger partial charge in [-0.3, -0.25) is 24.8 Å². The minimum atomic E-state index is -0.677. The van der Waals surface area contributed by atoms with E-state index >= 15 is 0 Å². The number of carbonyl (C=O) groups excluding carboxylic acids is 1. The third-order valence-corrected chi connectivity index (χ3v) is 6.00. The first kappa shape index (κ1) is 22.9. The van der Waals surface area contributed by atoms with Gasteiger partial charge >= 0.3 is 0 Å². The Morgan fingerprint density at radius 2 is 1.94 bits per heavy atom. The molecule has 0 N–H and O–H groups in total. The van der Waals surface area contributed by atoms with Crippen molar-refractivity contribution >= 4 is 29.0 Å². The standard InChI is InChI=1S/C26H20FN5O4/c1-30-23(20-7-2-3-8-21(20)32(34)35)15-29-26(30)22(14-19-6-4-5-11-28-19)31(16-33)25-13-17-12-18(27)9-10-24(17)36-25/h2-13,15-16,22H,14H2,1H3/t22-/m0/s1. The van der Waals surface area contributed by atoms with Crippen LogP contribution in [0.3, 0.4) is 0 Å². The summed E-state index contributed by atoms with van der Waals surface area (Å²) in [6.07, 6.45) is 4.10. The number of nitro benzene ring substituents is 1. The minimum Gasteiger partial charge on any atom is -0.440 e. The number of nitro groups is 1. The lowest BCUT2D eigenvalue weighted by atomic mass is 10.1. The quantitative estimate of drug-likeness (QED) is 0.169. The molecule has 0 saturated heterocycles. The lowest BCUT2D eigenvalue weighted by Crippen LogP contribution is -2.31. The van der Waals surface area contributed by atoms with Crippen molar-refractivity contribution in [3.8, 4) is 11.3 Å². The topological polar surface area (TPSA) is 107 Å². The maximum Gasteiger partial charge on any atom is 0.278 e. The number of amides is 1. The van der Waals surface area contributed by atoms with Gasteiger partial charge in [0.1, 0.15) is 23.3 Å². The van der Waals surface area contributed by atoms with Crippen LogP contribution in [0, 0.1) is 15.9 Å². The molecule has 3 aromatic heterocycles. The smallest absolute Gasteiger partial charge is 0.278 e. The summed E-state index contributed by atoms with van der Waals surface area (Å²) in [5.41, 5.74) is 1.99. The van der Waals surface area contributed by atoms with Crippen LogP contribution in [0.4, 0.5) is 16.0 Å². The van der Waals surface area contributed by atoms with Crippen molar-refractivity contribution in [2.75, 3.05) is 4.90 Å². The van der Waals surface area contributed by atoms with Crippen molar-refractivity contribution in [1.29, 1.82) is 0 Å². The number of anilines is 1. The van der Waals surface area contributed by atoms with Crippen LogP contribution in [0.1, 0.15) is 17.6 Å². The molecule has 0 saturated carbocycles. The summed E-state index contributed by atoms with van der Waals surface area (Å²) in [6.45, 7) is 0. The highest BCUT2D eigenvalue weighted by Crippen LogP contribution is 2.36. The second kappa shape index (κ2) is 9.41. The lowest BCUT2D eigenvalue weighted by molar-refractivity contribution is -0.384. The molecule has 0 radical (unpaired) electrons. The Labute approximate surface area is 204 Å². The van der Waals surface area contributed by atoms with E-state index in [9.17, 15) is 19.3 Å². The lowest BCUT2D eigenvalue weighted by Gasteiger charge is -2.26. The first-order chi connectivity index (χ1) is 17.5. The van der Waals surface area contributed by atoms with Gasteiger partial charge in [0.25, 0.3) is 5.69 Å². The largest absolute Gasteiger partial charge is 0.440 e. The van der Waals surface area contributed by atoms with E-state index in [1.807, 2.05) is 12.1 Å². The first-order valence-electron chi connectivity index (χ1n) is 11.0. The maximum absolute atomic E-state index is 13.8. The molecule has 0 fully saturated rings. The number of hydrogen-bond acceptors (Lipinski definition) is 6. The van der Waals surface area contributed by atoms with Gasteiger partial charge in [-0.15, -0.1) is 0 Å². The van der Waals surface area contributed by atoms with E-state index in [4.69, 9.17) is 4.42 Å². The number of rotatable bonds is 8. The van der Waals surface area contributed by atoms with E-state index in [1.165, 1.54) is 29.2 Å². The monoisotopic (exact) mass is 485 g/mol. The summed E-state index contributed by atoms with van der Waals surface area (Å²) in [7, 11) is 1.73. The Kier molecular flexibility index (Phi) is 5.99. The van der Waals surface area contributed by atoms with Crippen molar-refractivity contribution in [3.05, 3.63) is 107 Å². The van der Waals surface area contributed by atoms with Crippen molar-refractivity contribution in [2.24, 2.45) is 7.05 Å². The molecule has 180 valence electrons. The molecule has 0 aliphatic heterocycles.